The maximum absolute atomic E-state index is 5.28. The summed E-state index contributed by atoms with van der Waals surface area (Å²) in [5.74, 6) is 0.942. The molecule has 0 aliphatic heterocycles. The van der Waals surface area contributed by atoms with E-state index < -0.39 is 0 Å². The number of benzene rings is 2. The minimum atomic E-state index is 0.942. The van der Waals surface area contributed by atoms with E-state index in [0.717, 1.165) is 5.75 Å². The third kappa shape index (κ3) is 2.33. The summed E-state index contributed by atoms with van der Waals surface area (Å²) >= 11 is 0. The van der Waals surface area contributed by atoms with Crippen molar-refractivity contribution in [3.05, 3.63) is 53.1 Å². The highest BCUT2D eigenvalue weighted by atomic mass is 16.5. The monoisotopic (exact) mass is 226 g/mol. The van der Waals surface area contributed by atoms with Crippen LogP contribution in [0.15, 0.2) is 36.4 Å². The first-order valence-corrected chi connectivity index (χ1v) is 5.84. The standard InChI is InChI=1S/C16H18O/c1-11-5-6-14(9-12(11)2)15-7-8-16(17-4)13(3)10-15/h5-10H,1-4H3. The topological polar surface area (TPSA) is 9.23 Å². The summed E-state index contributed by atoms with van der Waals surface area (Å²) in [6.07, 6.45) is 0. The number of aryl methyl sites for hydroxylation is 3. The zero-order chi connectivity index (χ0) is 12.4. The van der Waals surface area contributed by atoms with Gasteiger partial charge in [0.25, 0.3) is 0 Å². The number of hydrogen-bond acceptors (Lipinski definition) is 1. The number of hydrogen-bond donors (Lipinski definition) is 0. The first-order valence-electron chi connectivity index (χ1n) is 5.84. The first-order chi connectivity index (χ1) is 8.11. The van der Waals surface area contributed by atoms with Gasteiger partial charge in [-0.15, -0.1) is 0 Å². The summed E-state index contributed by atoms with van der Waals surface area (Å²) < 4.78 is 5.28. The van der Waals surface area contributed by atoms with Crippen molar-refractivity contribution in [2.75, 3.05) is 7.11 Å². The Kier molecular flexibility index (Phi) is 3.19. The van der Waals surface area contributed by atoms with Crippen LogP contribution >= 0.6 is 0 Å². The molecule has 2 rings (SSSR count). The lowest BCUT2D eigenvalue weighted by Gasteiger charge is -2.09. The predicted octanol–water partition coefficient (Wildman–Crippen LogP) is 4.29. The van der Waals surface area contributed by atoms with Crippen molar-refractivity contribution in [2.45, 2.75) is 20.8 Å². The van der Waals surface area contributed by atoms with Gasteiger partial charge >= 0.3 is 0 Å². The zero-order valence-corrected chi connectivity index (χ0v) is 10.9. The summed E-state index contributed by atoms with van der Waals surface area (Å²) in [6, 6.07) is 12.9. The highest BCUT2D eigenvalue weighted by Crippen LogP contribution is 2.27. The van der Waals surface area contributed by atoms with E-state index >= 15 is 0 Å². The van der Waals surface area contributed by atoms with Crippen molar-refractivity contribution < 1.29 is 4.74 Å². The van der Waals surface area contributed by atoms with E-state index in [1.165, 1.54) is 27.8 Å². The number of rotatable bonds is 2. The van der Waals surface area contributed by atoms with Gasteiger partial charge in [0.15, 0.2) is 0 Å². The maximum atomic E-state index is 5.28. The van der Waals surface area contributed by atoms with Crippen molar-refractivity contribution in [1.82, 2.24) is 0 Å². The van der Waals surface area contributed by atoms with Crippen LogP contribution in [-0.4, -0.2) is 7.11 Å². The Morgan fingerprint density at radius 1 is 0.706 bits per heavy atom. The van der Waals surface area contributed by atoms with Crippen LogP contribution < -0.4 is 4.74 Å². The van der Waals surface area contributed by atoms with Crippen LogP contribution in [0.3, 0.4) is 0 Å². The molecule has 0 bridgehead atoms. The quantitative estimate of drug-likeness (QED) is 0.742. The molecule has 2 aromatic carbocycles. The molecule has 17 heavy (non-hydrogen) atoms. The van der Waals surface area contributed by atoms with Crippen LogP contribution in [0.1, 0.15) is 16.7 Å². The van der Waals surface area contributed by atoms with Gasteiger partial charge in [-0.1, -0.05) is 24.3 Å². The third-order valence-corrected chi connectivity index (χ3v) is 3.24. The highest BCUT2D eigenvalue weighted by Gasteiger charge is 2.03. The van der Waals surface area contributed by atoms with Crippen LogP contribution in [0, 0.1) is 20.8 Å². The molecule has 0 heterocycles. The van der Waals surface area contributed by atoms with Gasteiger partial charge in [-0.3, -0.25) is 0 Å². The molecule has 0 saturated heterocycles. The molecule has 0 atom stereocenters. The van der Waals surface area contributed by atoms with Crippen LogP contribution in [-0.2, 0) is 0 Å². The first kappa shape index (κ1) is 11.7. The van der Waals surface area contributed by atoms with Gasteiger partial charge in [0, 0.05) is 0 Å². The molecule has 88 valence electrons. The Morgan fingerprint density at radius 3 is 1.82 bits per heavy atom. The minimum Gasteiger partial charge on any atom is -0.496 e. The number of methoxy groups -OCH3 is 1. The molecular formula is C16H18O. The number of ether oxygens (including phenoxy) is 1. The van der Waals surface area contributed by atoms with Crippen LogP contribution in [0.5, 0.6) is 5.75 Å². The molecule has 0 radical (unpaired) electrons. The van der Waals surface area contributed by atoms with Gasteiger partial charge in [-0.05, 0) is 60.7 Å². The van der Waals surface area contributed by atoms with Gasteiger partial charge in [0.2, 0.25) is 0 Å². The van der Waals surface area contributed by atoms with Gasteiger partial charge in [-0.2, -0.15) is 0 Å². The van der Waals surface area contributed by atoms with E-state index in [1.807, 2.05) is 6.07 Å². The van der Waals surface area contributed by atoms with Crippen molar-refractivity contribution in [2.24, 2.45) is 0 Å². The fourth-order valence-electron chi connectivity index (χ4n) is 1.98. The summed E-state index contributed by atoms with van der Waals surface area (Å²) in [4.78, 5) is 0. The van der Waals surface area contributed by atoms with E-state index in [-0.39, 0.29) is 0 Å². The van der Waals surface area contributed by atoms with E-state index in [2.05, 4.69) is 51.1 Å². The molecule has 0 aromatic heterocycles. The summed E-state index contributed by atoms with van der Waals surface area (Å²) in [5, 5.41) is 0. The molecule has 0 aliphatic rings. The molecule has 0 amide bonds. The Labute approximate surface area is 103 Å². The lowest BCUT2D eigenvalue weighted by atomic mass is 9.99. The predicted molar refractivity (Wildman–Crippen MR) is 72.6 cm³/mol. The minimum absolute atomic E-state index is 0.942. The summed E-state index contributed by atoms with van der Waals surface area (Å²) in [7, 11) is 1.71. The average molecular weight is 226 g/mol. The van der Waals surface area contributed by atoms with Crippen LogP contribution in [0.4, 0.5) is 0 Å². The fraction of sp³-hybridized carbons (Fsp3) is 0.250. The average Bonchev–Trinajstić information content (AvgIpc) is 2.32. The SMILES string of the molecule is COc1ccc(-c2ccc(C)c(C)c2)cc1C. The van der Waals surface area contributed by atoms with Crippen molar-refractivity contribution in [3.63, 3.8) is 0 Å². The second-order valence-electron chi connectivity index (χ2n) is 4.48. The van der Waals surface area contributed by atoms with Gasteiger partial charge in [0.1, 0.15) is 5.75 Å². The second-order valence-corrected chi connectivity index (χ2v) is 4.48. The molecule has 0 fully saturated rings. The lowest BCUT2D eigenvalue weighted by Crippen LogP contribution is -1.88. The molecule has 1 heteroatoms. The van der Waals surface area contributed by atoms with Gasteiger partial charge in [0.05, 0.1) is 7.11 Å². The fourth-order valence-corrected chi connectivity index (χ4v) is 1.98. The van der Waals surface area contributed by atoms with Gasteiger partial charge in [-0.25, -0.2) is 0 Å². The Bertz CT molecular complexity index is 541. The molecule has 0 N–H and O–H groups in total. The Morgan fingerprint density at radius 2 is 1.29 bits per heavy atom. The Balaban J connectivity index is 2.46. The lowest BCUT2D eigenvalue weighted by molar-refractivity contribution is 0.412. The largest absolute Gasteiger partial charge is 0.496 e. The van der Waals surface area contributed by atoms with Crippen LogP contribution in [0.25, 0.3) is 11.1 Å². The smallest absolute Gasteiger partial charge is 0.121 e. The Hall–Kier alpha value is -1.76. The highest BCUT2D eigenvalue weighted by molar-refractivity contribution is 5.66. The molecule has 1 nitrogen and oxygen atoms in total. The van der Waals surface area contributed by atoms with Crippen molar-refractivity contribution in [3.8, 4) is 16.9 Å². The maximum Gasteiger partial charge on any atom is 0.121 e. The van der Waals surface area contributed by atoms with Crippen molar-refractivity contribution >= 4 is 0 Å². The molecule has 0 aliphatic carbocycles. The third-order valence-electron chi connectivity index (χ3n) is 3.24. The van der Waals surface area contributed by atoms with E-state index in [4.69, 9.17) is 4.74 Å². The summed E-state index contributed by atoms with van der Waals surface area (Å²) in [5.41, 5.74) is 6.34. The van der Waals surface area contributed by atoms with E-state index in [9.17, 15) is 0 Å². The van der Waals surface area contributed by atoms with Crippen molar-refractivity contribution in [1.29, 1.82) is 0 Å². The molecule has 0 saturated carbocycles. The zero-order valence-electron chi connectivity index (χ0n) is 10.9. The van der Waals surface area contributed by atoms with E-state index in [1.54, 1.807) is 7.11 Å². The second kappa shape index (κ2) is 4.62. The van der Waals surface area contributed by atoms with Gasteiger partial charge < -0.3 is 4.74 Å². The normalized spacial score (nSPS) is 10.4. The molecule has 0 spiro atoms. The summed E-state index contributed by atoms with van der Waals surface area (Å²) in [6.45, 7) is 6.36. The van der Waals surface area contributed by atoms with E-state index in [0.29, 0.717) is 0 Å². The molecule has 2 aromatic rings. The molecule has 0 unspecified atom stereocenters. The van der Waals surface area contributed by atoms with Crippen LogP contribution in [0.2, 0.25) is 0 Å². The molecular weight excluding hydrogens is 208 g/mol.